The topological polar surface area (TPSA) is 34.1 Å². The van der Waals surface area contributed by atoms with Gasteiger partial charge in [-0.15, -0.1) is 0 Å². The van der Waals surface area contributed by atoms with Crippen LogP contribution in [0.3, 0.4) is 0 Å². The maximum atomic E-state index is 6.12. The highest BCUT2D eigenvalue weighted by Crippen LogP contribution is 2.48. The van der Waals surface area contributed by atoms with Crippen LogP contribution in [0.2, 0.25) is 0 Å². The van der Waals surface area contributed by atoms with Gasteiger partial charge < -0.3 is 10.1 Å². The Balaban J connectivity index is 2.06. The number of aromatic nitrogens is 1. The fraction of sp³-hybridized carbons (Fsp3) is 0.667. The lowest BCUT2D eigenvalue weighted by atomic mass is 9.58. The third-order valence-corrected chi connectivity index (χ3v) is 4.46. The Kier molecular flexibility index (Phi) is 4.23. The van der Waals surface area contributed by atoms with Gasteiger partial charge in [0.2, 0.25) is 0 Å². The van der Waals surface area contributed by atoms with E-state index in [9.17, 15) is 0 Å². The molecule has 1 aromatic rings. The van der Waals surface area contributed by atoms with Crippen LogP contribution >= 0.6 is 0 Å². The Morgan fingerprint density at radius 3 is 2.72 bits per heavy atom. The van der Waals surface area contributed by atoms with Gasteiger partial charge >= 0.3 is 0 Å². The molecule has 0 spiro atoms. The fourth-order valence-electron chi connectivity index (χ4n) is 3.23. The zero-order chi connectivity index (χ0) is 13.0. The molecule has 1 heterocycles. The SMILES string of the molecule is CCNC1CC(Oc2cccnc2)C1(CC)CC. The molecule has 1 fully saturated rings. The lowest BCUT2D eigenvalue weighted by molar-refractivity contribution is -0.0855. The summed E-state index contributed by atoms with van der Waals surface area (Å²) < 4.78 is 6.12. The van der Waals surface area contributed by atoms with Crippen molar-refractivity contribution in [3.8, 4) is 5.75 Å². The first-order chi connectivity index (χ1) is 8.76. The van der Waals surface area contributed by atoms with Crippen molar-refractivity contribution >= 4 is 0 Å². The Morgan fingerprint density at radius 1 is 1.39 bits per heavy atom. The van der Waals surface area contributed by atoms with Crippen molar-refractivity contribution in [3.63, 3.8) is 0 Å². The second-order valence-electron chi connectivity index (χ2n) is 5.08. The number of pyridine rings is 1. The van der Waals surface area contributed by atoms with E-state index < -0.39 is 0 Å². The van der Waals surface area contributed by atoms with Crippen LogP contribution in [-0.2, 0) is 0 Å². The average Bonchev–Trinajstić information content (AvgIpc) is 2.40. The highest BCUT2D eigenvalue weighted by molar-refractivity contribution is 5.19. The molecule has 3 heteroatoms. The second kappa shape index (κ2) is 5.70. The van der Waals surface area contributed by atoms with Crippen LogP contribution in [0.1, 0.15) is 40.0 Å². The molecule has 0 radical (unpaired) electrons. The van der Waals surface area contributed by atoms with Crippen molar-refractivity contribution in [2.75, 3.05) is 6.54 Å². The first kappa shape index (κ1) is 13.3. The molecule has 1 aliphatic carbocycles. The Bertz CT molecular complexity index is 362. The van der Waals surface area contributed by atoms with Gasteiger partial charge in [-0.1, -0.05) is 20.8 Å². The predicted molar refractivity (Wildman–Crippen MR) is 73.7 cm³/mol. The van der Waals surface area contributed by atoms with Crippen molar-refractivity contribution < 1.29 is 4.74 Å². The summed E-state index contributed by atoms with van der Waals surface area (Å²) in [7, 11) is 0. The minimum Gasteiger partial charge on any atom is -0.488 e. The molecule has 0 aliphatic heterocycles. The van der Waals surface area contributed by atoms with Crippen LogP contribution in [0.4, 0.5) is 0 Å². The smallest absolute Gasteiger partial charge is 0.138 e. The quantitative estimate of drug-likeness (QED) is 0.840. The fourth-order valence-corrected chi connectivity index (χ4v) is 3.23. The molecule has 2 unspecified atom stereocenters. The summed E-state index contributed by atoms with van der Waals surface area (Å²) in [4.78, 5) is 4.11. The van der Waals surface area contributed by atoms with E-state index in [2.05, 4.69) is 31.1 Å². The number of hydrogen-bond donors (Lipinski definition) is 1. The van der Waals surface area contributed by atoms with E-state index in [4.69, 9.17) is 4.74 Å². The van der Waals surface area contributed by atoms with E-state index in [1.165, 1.54) is 0 Å². The van der Waals surface area contributed by atoms with Crippen LogP contribution in [0.15, 0.2) is 24.5 Å². The van der Waals surface area contributed by atoms with Crippen molar-refractivity contribution in [2.24, 2.45) is 5.41 Å². The van der Waals surface area contributed by atoms with Gasteiger partial charge in [0.05, 0.1) is 6.20 Å². The van der Waals surface area contributed by atoms with Gasteiger partial charge in [-0.2, -0.15) is 0 Å². The summed E-state index contributed by atoms with van der Waals surface area (Å²) in [5, 5.41) is 3.59. The summed E-state index contributed by atoms with van der Waals surface area (Å²) >= 11 is 0. The van der Waals surface area contributed by atoms with Gasteiger partial charge in [0.1, 0.15) is 11.9 Å². The van der Waals surface area contributed by atoms with Crippen molar-refractivity contribution in [1.29, 1.82) is 0 Å². The van der Waals surface area contributed by atoms with Gasteiger partial charge in [0, 0.05) is 24.1 Å². The van der Waals surface area contributed by atoms with Crippen LogP contribution in [0.5, 0.6) is 5.75 Å². The third-order valence-electron chi connectivity index (χ3n) is 4.46. The standard InChI is InChI=1S/C15H24N2O/c1-4-15(5-2)13(17-6-3)10-14(15)18-12-8-7-9-16-11-12/h7-9,11,13-14,17H,4-6,10H2,1-3H3. The van der Waals surface area contributed by atoms with Crippen LogP contribution in [0.25, 0.3) is 0 Å². The predicted octanol–water partition coefficient (Wildman–Crippen LogP) is 3.02. The van der Waals surface area contributed by atoms with E-state index in [1.807, 2.05) is 12.1 Å². The second-order valence-corrected chi connectivity index (χ2v) is 5.08. The molecule has 1 aliphatic rings. The first-order valence-electron chi connectivity index (χ1n) is 7.06. The highest BCUT2D eigenvalue weighted by atomic mass is 16.5. The summed E-state index contributed by atoms with van der Waals surface area (Å²) in [6.45, 7) is 7.75. The monoisotopic (exact) mass is 248 g/mol. The molecule has 0 bridgehead atoms. The summed E-state index contributed by atoms with van der Waals surface area (Å²) in [5.74, 6) is 0.892. The number of nitrogens with one attached hydrogen (secondary N) is 1. The summed E-state index contributed by atoms with van der Waals surface area (Å²) in [5.41, 5.74) is 0.284. The Hall–Kier alpha value is -1.09. The van der Waals surface area contributed by atoms with E-state index in [0.29, 0.717) is 12.1 Å². The van der Waals surface area contributed by atoms with Gasteiger partial charge in [-0.3, -0.25) is 4.98 Å². The van der Waals surface area contributed by atoms with Crippen LogP contribution < -0.4 is 10.1 Å². The minimum absolute atomic E-state index is 0.284. The molecule has 1 N–H and O–H groups in total. The number of hydrogen-bond acceptors (Lipinski definition) is 3. The molecule has 100 valence electrons. The molecule has 1 saturated carbocycles. The van der Waals surface area contributed by atoms with Crippen molar-refractivity contribution in [3.05, 3.63) is 24.5 Å². The zero-order valence-corrected chi connectivity index (χ0v) is 11.6. The summed E-state index contributed by atoms with van der Waals surface area (Å²) in [6, 6.07) is 4.51. The van der Waals surface area contributed by atoms with E-state index in [1.54, 1.807) is 12.4 Å². The van der Waals surface area contributed by atoms with E-state index in [-0.39, 0.29) is 5.41 Å². The molecule has 0 amide bonds. The van der Waals surface area contributed by atoms with Gasteiger partial charge in [0.25, 0.3) is 0 Å². The Morgan fingerprint density at radius 2 is 2.17 bits per heavy atom. The lowest BCUT2D eigenvalue weighted by Crippen LogP contribution is -2.64. The molecule has 0 aromatic carbocycles. The largest absolute Gasteiger partial charge is 0.488 e. The van der Waals surface area contributed by atoms with Crippen LogP contribution in [-0.4, -0.2) is 23.7 Å². The molecule has 1 aromatic heterocycles. The molecular formula is C15H24N2O. The molecule has 2 rings (SSSR count). The maximum Gasteiger partial charge on any atom is 0.138 e. The third kappa shape index (κ3) is 2.24. The molecular weight excluding hydrogens is 224 g/mol. The minimum atomic E-state index is 0.284. The molecule has 3 nitrogen and oxygen atoms in total. The van der Waals surface area contributed by atoms with Gasteiger partial charge in [-0.25, -0.2) is 0 Å². The number of nitrogens with zero attached hydrogens (tertiary/aromatic N) is 1. The molecule has 18 heavy (non-hydrogen) atoms. The van der Waals surface area contributed by atoms with E-state index in [0.717, 1.165) is 31.6 Å². The van der Waals surface area contributed by atoms with Crippen molar-refractivity contribution in [1.82, 2.24) is 10.3 Å². The summed E-state index contributed by atoms with van der Waals surface area (Å²) in [6.07, 6.45) is 7.32. The molecule has 0 saturated heterocycles. The zero-order valence-electron chi connectivity index (χ0n) is 11.6. The maximum absolute atomic E-state index is 6.12. The van der Waals surface area contributed by atoms with Crippen molar-refractivity contribution in [2.45, 2.75) is 52.2 Å². The van der Waals surface area contributed by atoms with Gasteiger partial charge in [-0.05, 0) is 31.5 Å². The first-order valence-corrected chi connectivity index (χ1v) is 7.06. The normalized spacial score (nSPS) is 25.5. The number of rotatable bonds is 6. The highest BCUT2D eigenvalue weighted by Gasteiger charge is 2.53. The lowest BCUT2D eigenvalue weighted by Gasteiger charge is -2.55. The Labute approximate surface area is 110 Å². The molecule has 2 atom stereocenters. The van der Waals surface area contributed by atoms with Gasteiger partial charge in [0.15, 0.2) is 0 Å². The average molecular weight is 248 g/mol. The van der Waals surface area contributed by atoms with Crippen LogP contribution in [0, 0.1) is 5.41 Å². The van der Waals surface area contributed by atoms with E-state index >= 15 is 0 Å². The number of ether oxygens (including phenoxy) is 1.